The lowest BCUT2D eigenvalue weighted by atomic mass is 10.1. The van der Waals surface area contributed by atoms with Gasteiger partial charge in [0.2, 0.25) is 0 Å². The van der Waals surface area contributed by atoms with Crippen LogP contribution in [0.4, 0.5) is 0 Å². The number of carboxylic acids is 1. The summed E-state index contributed by atoms with van der Waals surface area (Å²) >= 11 is 0. The topological polar surface area (TPSA) is 63.5 Å². The van der Waals surface area contributed by atoms with Crippen LogP contribution in [0.2, 0.25) is 0 Å². The summed E-state index contributed by atoms with van der Waals surface area (Å²) in [7, 11) is 3.42. The highest BCUT2D eigenvalue weighted by Crippen LogP contribution is 2.25. The lowest BCUT2D eigenvalue weighted by Crippen LogP contribution is -2.20. The summed E-state index contributed by atoms with van der Waals surface area (Å²) in [5, 5.41) is 13.6. The van der Waals surface area contributed by atoms with E-state index in [0.29, 0.717) is 25.4 Å². The molecule has 0 amide bonds. The highest BCUT2D eigenvalue weighted by atomic mass is 16.5. The van der Waals surface area contributed by atoms with Crippen molar-refractivity contribution in [2.75, 3.05) is 20.3 Å². The van der Waals surface area contributed by atoms with E-state index in [1.54, 1.807) is 18.7 Å². The quantitative estimate of drug-likeness (QED) is 0.776. The predicted octanol–water partition coefficient (Wildman–Crippen LogP) is 1.61. The Bertz CT molecular complexity index is 590. The molecule has 0 saturated carbocycles. The van der Waals surface area contributed by atoms with Gasteiger partial charge in [-0.25, -0.2) is 4.79 Å². The van der Waals surface area contributed by atoms with Crippen molar-refractivity contribution >= 4 is 16.9 Å². The first kappa shape index (κ1) is 13.6. The monoisotopic (exact) mass is 262 g/mol. The second kappa shape index (κ2) is 5.86. The van der Waals surface area contributed by atoms with E-state index < -0.39 is 5.97 Å². The summed E-state index contributed by atoms with van der Waals surface area (Å²) in [5.74, 6) is -0.901. The molecule has 19 heavy (non-hydrogen) atoms. The van der Waals surface area contributed by atoms with Gasteiger partial charge in [0.15, 0.2) is 0 Å². The number of aromatic carboxylic acids is 1. The van der Waals surface area contributed by atoms with E-state index in [4.69, 9.17) is 4.74 Å². The number of aryl methyl sites for hydroxylation is 1. The van der Waals surface area contributed by atoms with Gasteiger partial charge in [-0.05, 0) is 6.07 Å². The molecule has 2 rings (SSSR count). The fourth-order valence-corrected chi connectivity index (χ4v) is 2.31. The van der Waals surface area contributed by atoms with Crippen LogP contribution in [-0.4, -0.2) is 35.9 Å². The lowest BCUT2D eigenvalue weighted by Gasteiger charge is -2.05. The molecule has 0 fully saturated rings. The van der Waals surface area contributed by atoms with Crippen LogP contribution in [0.15, 0.2) is 24.3 Å². The molecule has 1 aromatic heterocycles. The Morgan fingerprint density at radius 1 is 1.42 bits per heavy atom. The van der Waals surface area contributed by atoms with E-state index >= 15 is 0 Å². The maximum absolute atomic E-state index is 11.4. The van der Waals surface area contributed by atoms with Crippen molar-refractivity contribution in [2.45, 2.75) is 6.54 Å². The third-order valence-corrected chi connectivity index (χ3v) is 3.20. The van der Waals surface area contributed by atoms with Crippen LogP contribution in [0, 0.1) is 0 Å². The molecule has 102 valence electrons. The van der Waals surface area contributed by atoms with Gasteiger partial charge in [-0.15, -0.1) is 0 Å². The molecule has 0 saturated heterocycles. The molecule has 2 aromatic rings. The Kier molecular flexibility index (Phi) is 4.19. The smallest absolute Gasteiger partial charge is 0.352 e. The molecular formula is C14H18N2O3. The Morgan fingerprint density at radius 2 is 2.16 bits per heavy atom. The van der Waals surface area contributed by atoms with Crippen molar-refractivity contribution in [3.05, 3.63) is 35.5 Å². The molecule has 1 aromatic carbocycles. The van der Waals surface area contributed by atoms with Gasteiger partial charge in [0, 0.05) is 43.7 Å². The molecule has 5 heteroatoms. The zero-order chi connectivity index (χ0) is 13.8. The third-order valence-electron chi connectivity index (χ3n) is 3.20. The van der Waals surface area contributed by atoms with Gasteiger partial charge in [-0.2, -0.15) is 0 Å². The molecule has 0 radical (unpaired) electrons. The van der Waals surface area contributed by atoms with Crippen molar-refractivity contribution in [1.29, 1.82) is 0 Å². The van der Waals surface area contributed by atoms with Crippen molar-refractivity contribution in [3.63, 3.8) is 0 Å². The summed E-state index contributed by atoms with van der Waals surface area (Å²) in [4.78, 5) is 11.4. The SMILES string of the molecule is COCCNCc1c(C(=O)O)n(C)c2ccccc12. The van der Waals surface area contributed by atoms with Crippen molar-refractivity contribution in [2.24, 2.45) is 7.05 Å². The van der Waals surface area contributed by atoms with Gasteiger partial charge in [0.05, 0.1) is 6.61 Å². The summed E-state index contributed by atoms with van der Waals surface area (Å²) in [6, 6.07) is 7.72. The number of carbonyl (C=O) groups is 1. The van der Waals surface area contributed by atoms with E-state index in [0.717, 1.165) is 16.5 Å². The largest absolute Gasteiger partial charge is 0.477 e. The van der Waals surface area contributed by atoms with Gasteiger partial charge in [0.1, 0.15) is 5.69 Å². The molecule has 1 heterocycles. The number of rotatable bonds is 6. The Balaban J connectivity index is 2.39. The molecule has 0 aliphatic heterocycles. The molecule has 0 aliphatic carbocycles. The van der Waals surface area contributed by atoms with E-state index in [-0.39, 0.29) is 0 Å². The zero-order valence-electron chi connectivity index (χ0n) is 11.1. The number of hydrogen-bond acceptors (Lipinski definition) is 3. The standard InChI is InChI=1S/C14H18N2O3/c1-16-12-6-4-3-5-10(12)11(13(16)14(17)18)9-15-7-8-19-2/h3-6,15H,7-9H2,1-2H3,(H,17,18). The zero-order valence-corrected chi connectivity index (χ0v) is 11.1. The van der Waals surface area contributed by atoms with Crippen LogP contribution < -0.4 is 5.32 Å². The second-order valence-electron chi connectivity index (χ2n) is 4.38. The summed E-state index contributed by atoms with van der Waals surface area (Å²) in [6.07, 6.45) is 0. The molecule has 0 unspecified atom stereocenters. The molecular weight excluding hydrogens is 244 g/mol. The van der Waals surface area contributed by atoms with Gasteiger partial charge in [-0.1, -0.05) is 18.2 Å². The van der Waals surface area contributed by atoms with E-state index in [1.165, 1.54) is 0 Å². The summed E-state index contributed by atoms with van der Waals surface area (Å²) in [6.45, 7) is 1.82. The summed E-state index contributed by atoms with van der Waals surface area (Å²) < 4.78 is 6.69. The number of para-hydroxylation sites is 1. The number of benzene rings is 1. The van der Waals surface area contributed by atoms with Crippen molar-refractivity contribution in [3.8, 4) is 0 Å². The van der Waals surface area contributed by atoms with Crippen molar-refractivity contribution < 1.29 is 14.6 Å². The van der Waals surface area contributed by atoms with Crippen LogP contribution in [0.5, 0.6) is 0 Å². The minimum Gasteiger partial charge on any atom is -0.477 e. The number of hydrogen-bond donors (Lipinski definition) is 2. The van der Waals surface area contributed by atoms with E-state index in [9.17, 15) is 9.90 Å². The van der Waals surface area contributed by atoms with Gasteiger partial charge in [0.25, 0.3) is 0 Å². The van der Waals surface area contributed by atoms with Gasteiger partial charge >= 0.3 is 5.97 Å². The Hall–Kier alpha value is -1.85. The van der Waals surface area contributed by atoms with Gasteiger partial charge in [-0.3, -0.25) is 0 Å². The Labute approximate surface area is 111 Å². The first-order chi connectivity index (χ1) is 9.16. The predicted molar refractivity (Wildman–Crippen MR) is 73.5 cm³/mol. The molecule has 2 N–H and O–H groups in total. The van der Waals surface area contributed by atoms with Crippen LogP contribution in [0.1, 0.15) is 16.1 Å². The minimum absolute atomic E-state index is 0.339. The minimum atomic E-state index is -0.901. The van der Waals surface area contributed by atoms with Crippen LogP contribution >= 0.6 is 0 Å². The molecule has 0 bridgehead atoms. The number of carboxylic acid groups (broad SMARTS) is 1. The van der Waals surface area contributed by atoms with Crippen LogP contribution in [-0.2, 0) is 18.3 Å². The third kappa shape index (κ3) is 2.62. The highest BCUT2D eigenvalue weighted by Gasteiger charge is 2.19. The van der Waals surface area contributed by atoms with Crippen LogP contribution in [0.25, 0.3) is 10.9 Å². The lowest BCUT2D eigenvalue weighted by molar-refractivity contribution is 0.0685. The summed E-state index contributed by atoms with van der Waals surface area (Å²) in [5.41, 5.74) is 2.09. The highest BCUT2D eigenvalue weighted by molar-refractivity contribution is 5.98. The second-order valence-corrected chi connectivity index (χ2v) is 4.38. The number of fused-ring (bicyclic) bond motifs is 1. The van der Waals surface area contributed by atoms with E-state index in [2.05, 4.69) is 5.32 Å². The average molecular weight is 262 g/mol. The fourth-order valence-electron chi connectivity index (χ4n) is 2.31. The van der Waals surface area contributed by atoms with Gasteiger partial charge < -0.3 is 19.7 Å². The number of ether oxygens (including phenoxy) is 1. The number of aromatic nitrogens is 1. The van der Waals surface area contributed by atoms with E-state index in [1.807, 2.05) is 24.3 Å². The number of nitrogens with one attached hydrogen (secondary N) is 1. The fraction of sp³-hybridized carbons (Fsp3) is 0.357. The first-order valence-corrected chi connectivity index (χ1v) is 6.16. The van der Waals surface area contributed by atoms with Crippen LogP contribution in [0.3, 0.4) is 0 Å². The number of methoxy groups -OCH3 is 1. The molecule has 0 atom stereocenters. The molecule has 5 nitrogen and oxygen atoms in total. The maximum atomic E-state index is 11.4. The average Bonchev–Trinajstić information content (AvgIpc) is 2.69. The van der Waals surface area contributed by atoms with Crippen molar-refractivity contribution in [1.82, 2.24) is 9.88 Å². The molecule has 0 spiro atoms. The number of nitrogens with zero attached hydrogens (tertiary/aromatic N) is 1. The molecule has 0 aliphatic rings. The maximum Gasteiger partial charge on any atom is 0.352 e. The first-order valence-electron chi connectivity index (χ1n) is 6.16. The Morgan fingerprint density at radius 3 is 2.84 bits per heavy atom. The normalized spacial score (nSPS) is 11.1.